The van der Waals surface area contributed by atoms with Gasteiger partial charge >= 0.3 is 5.97 Å². The Morgan fingerprint density at radius 1 is 0.909 bits per heavy atom. The monoisotopic (exact) mass is 458 g/mol. The first-order chi connectivity index (χ1) is 15.5. The third kappa shape index (κ3) is 2.85. The Morgan fingerprint density at radius 3 is 2.21 bits per heavy atom. The van der Waals surface area contributed by atoms with Crippen molar-refractivity contribution in [2.75, 3.05) is 6.61 Å². The molecule has 5 rings (SSSR count). The molecular weight excluding hydrogens is 412 g/mol. The standard InChI is InChI=1S/C29H46O4/c1-17(2)18-10-13-29(25(32)33)15-14-28(5)22(24(18)29)8-7-21-19-6-9-23(31)26(3,16-30)20(19)11-12-27(21,28)4/h17-22,24,30H,6-16H2,1-5H3,(H,32,33). The second-order valence-corrected chi connectivity index (χ2v) is 13.9. The molecule has 0 aromatic carbocycles. The Bertz CT molecular complexity index is 835. The summed E-state index contributed by atoms with van der Waals surface area (Å²) in [4.78, 5) is 25.6. The molecule has 5 fully saturated rings. The zero-order valence-electron chi connectivity index (χ0n) is 21.5. The van der Waals surface area contributed by atoms with E-state index in [1.165, 1.54) is 6.42 Å². The normalized spacial score (nSPS) is 53.7. The summed E-state index contributed by atoms with van der Waals surface area (Å²) >= 11 is 0. The molecule has 10 unspecified atom stereocenters. The molecular formula is C29H46O4. The van der Waals surface area contributed by atoms with Crippen LogP contribution < -0.4 is 0 Å². The second-order valence-electron chi connectivity index (χ2n) is 13.9. The van der Waals surface area contributed by atoms with Gasteiger partial charge in [-0.1, -0.05) is 34.6 Å². The third-order valence-electron chi connectivity index (χ3n) is 13.1. The number of hydrogen-bond acceptors (Lipinski definition) is 3. The minimum Gasteiger partial charge on any atom is -0.481 e. The SMILES string of the molecule is CC(C)C1CCC2(C(=O)O)CCC3(C)C(CCC4C5CCC(=O)C(C)(CO)C5CCC43C)C12. The predicted octanol–water partition coefficient (Wildman–Crippen LogP) is 5.96. The van der Waals surface area contributed by atoms with Gasteiger partial charge in [-0.3, -0.25) is 9.59 Å². The number of carbonyl (C=O) groups excluding carboxylic acids is 1. The van der Waals surface area contributed by atoms with Gasteiger partial charge in [0.15, 0.2) is 0 Å². The van der Waals surface area contributed by atoms with E-state index in [0.717, 1.165) is 51.4 Å². The average Bonchev–Trinajstić information content (AvgIpc) is 3.18. The second kappa shape index (κ2) is 7.55. The molecule has 5 aliphatic carbocycles. The van der Waals surface area contributed by atoms with Gasteiger partial charge in [0.1, 0.15) is 5.78 Å². The number of carbonyl (C=O) groups is 2. The van der Waals surface area contributed by atoms with Crippen molar-refractivity contribution in [2.45, 2.75) is 98.8 Å². The van der Waals surface area contributed by atoms with Crippen molar-refractivity contribution in [1.29, 1.82) is 0 Å². The van der Waals surface area contributed by atoms with Crippen LogP contribution in [0.25, 0.3) is 0 Å². The molecule has 5 saturated carbocycles. The molecule has 0 heterocycles. The number of carboxylic acid groups (broad SMARTS) is 1. The van der Waals surface area contributed by atoms with Crippen LogP contribution in [-0.4, -0.2) is 28.6 Å². The highest BCUT2D eigenvalue weighted by atomic mass is 16.4. The van der Waals surface area contributed by atoms with E-state index in [2.05, 4.69) is 27.7 Å². The van der Waals surface area contributed by atoms with Crippen molar-refractivity contribution >= 4 is 11.8 Å². The summed E-state index contributed by atoms with van der Waals surface area (Å²) in [6.45, 7) is 11.7. The van der Waals surface area contributed by atoms with Crippen LogP contribution in [0.15, 0.2) is 0 Å². The van der Waals surface area contributed by atoms with Crippen molar-refractivity contribution in [1.82, 2.24) is 0 Å². The number of aliphatic hydroxyl groups excluding tert-OH is 1. The number of hydrogen-bond donors (Lipinski definition) is 2. The third-order valence-corrected chi connectivity index (χ3v) is 13.1. The summed E-state index contributed by atoms with van der Waals surface area (Å²) in [6, 6.07) is 0. The number of rotatable bonds is 3. The Morgan fingerprint density at radius 2 is 1.58 bits per heavy atom. The van der Waals surface area contributed by atoms with Crippen LogP contribution in [0.3, 0.4) is 0 Å². The van der Waals surface area contributed by atoms with Gasteiger partial charge in [0.25, 0.3) is 0 Å². The van der Waals surface area contributed by atoms with Crippen molar-refractivity contribution in [3.05, 3.63) is 0 Å². The molecule has 0 amide bonds. The molecule has 0 radical (unpaired) electrons. The van der Waals surface area contributed by atoms with Gasteiger partial charge in [0, 0.05) is 6.42 Å². The summed E-state index contributed by atoms with van der Waals surface area (Å²) in [6.07, 6.45) is 9.88. The van der Waals surface area contributed by atoms with E-state index in [-0.39, 0.29) is 23.2 Å². The maximum Gasteiger partial charge on any atom is 0.309 e. The largest absolute Gasteiger partial charge is 0.481 e. The molecule has 10 atom stereocenters. The van der Waals surface area contributed by atoms with Gasteiger partial charge < -0.3 is 10.2 Å². The van der Waals surface area contributed by atoms with Crippen LogP contribution in [0.2, 0.25) is 0 Å². The van der Waals surface area contributed by atoms with Crippen molar-refractivity contribution in [2.24, 2.45) is 63.1 Å². The molecule has 2 N–H and O–H groups in total. The Hall–Kier alpha value is -0.900. The molecule has 186 valence electrons. The van der Waals surface area contributed by atoms with Gasteiger partial charge in [-0.15, -0.1) is 0 Å². The van der Waals surface area contributed by atoms with Crippen LogP contribution in [0, 0.1) is 63.1 Å². The zero-order valence-corrected chi connectivity index (χ0v) is 21.5. The molecule has 0 aromatic rings. The number of fused-ring (bicyclic) bond motifs is 7. The van der Waals surface area contributed by atoms with Crippen LogP contribution in [0.1, 0.15) is 98.8 Å². The van der Waals surface area contributed by atoms with E-state index in [0.29, 0.717) is 47.8 Å². The highest BCUT2D eigenvalue weighted by molar-refractivity contribution is 5.85. The van der Waals surface area contributed by atoms with Gasteiger partial charge in [-0.2, -0.15) is 0 Å². The maximum atomic E-state index is 12.8. The predicted molar refractivity (Wildman–Crippen MR) is 128 cm³/mol. The van der Waals surface area contributed by atoms with Gasteiger partial charge in [0.2, 0.25) is 0 Å². The van der Waals surface area contributed by atoms with E-state index in [1.807, 2.05) is 6.92 Å². The summed E-state index contributed by atoms with van der Waals surface area (Å²) in [5.41, 5.74) is -0.713. The molecule has 0 bridgehead atoms. The highest BCUT2D eigenvalue weighted by Crippen LogP contribution is 2.75. The molecule has 4 heteroatoms. The first kappa shape index (κ1) is 23.8. The molecule has 0 aromatic heterocycles. The minimum absolute atomic E-state index is 0.0183. The highest BCUT2D eigenvalue weighted by Gasteiger charge is 2.70. The van der Waals surface area contributed by atoms with Crippen LogP contribution in [0.5, 0.6) is 0 Å². The number of aliphatic hydroxyl groups is 1. The number of ketones is 1. The molecule has 0 saturated heterocycles. The van der Waals surface area contributed by atoms with Gasteiger partial charge in [-0.25, -0.2) is 0 Å². The van der Waals surface area contributed by atoms with Crippen molar-refractivity contribution in [3.8, 4) is 0 Å². The fourth-order valence-corrected chi connectivity index (χ4v) is 10.9. The van der Waals surface area contributed by atoms with Crippen molar-refractivity contribution < 1.29 is 19.8 Å². The molecule has 5 aliphatic rings. The van der Waals surface area contributed by atoms with Crippen LogP contribution in [0.4, 0.5) is 0 Å². The molecule has 4 nitrogen and oxygen atoms in total. The fraction of sp³-hybridized carbons (Fsp3) is 0.931. The van der Waals surface area contributed by atoms with E-state index < -0.39 is 16.8 Å². The van der Waals surface area contributed by atoms with Gasteiger partial charge in [-0.05, 0) is 110 Å². The van der Waals surface area contributed by atoms with Crippen molar-refractivity contribution in [3.63, 3.8) is 0 Å². The first-order valence-electron chi connectivity index (χ1n) is 13.8. The fourth-order valence-electron chi connectivity index (χ4n) is 10.9. The topological polar surface area (TPSA) is 74.6 Å². The lowest BCUT2D eigenvalue weighted by Crippen LogP contribution is -2.64. The van der Waals surface area contributed by atoms with E-state index in [4.69, 9.17) is 0 Å². The van der Waals surface area contributed by atoms with E-state index >= 15 is 0 Å². The molecule has 0 spiro atoms. The first-order valence-corrected chi connectivity index (χ1v) is 13.8. The maximum absolute atomic E-state index is 12.8. The average molecular weight is 459 g/mol. The Labute approximate surface area is 200 Å². The summed E-state index contributed by atoms with van der Waals surface area (Å²) < 4.78 is 0. The minimum atomic E-state index is -0.568. The molecule has 0 aliphatic heterocycles. The quantitative estimate of drug-likeness (QED) is 0.547. The van der Waals surface area contributed by atoms with Crippen LogP contribution in [-0.2, 0) is 9.59 Å². The molecule has 33 heavy (non-hydrogen) atoms. The van der Waals surface area contributed by atoms with E-state index in [1.54, 1.807) is 0 Å². The number of aliphatic carboxylic acids is 1. The van der Waals surface area contributed by atoms with Gasteiger partial charge in [0.05, 0.1) is 17.4 Å². The smallest absolute Gasteiger partial charge is 0.309 e. The number of Topliss-reactive ketones (excluding diaryl/α,β-unsaturated/α-hetero) is 1. The lowest BCUT2D eigenvalue weighted by Gasteiger charge is -2.69. The Balaban J connectivity index is 1.53. The Kier molecular flexibility index (Phi) is 5.45. The zero-order chi connectivity index (χ0) is 24.0. The summed E-state index contributed by atoms with van der Waals surface area (Å²) in [5.74, 6) is 3.01. The summed E-state index contributed by atoms with van der Waals surface area (Å²) in [7, 11) is 0. The summed E-state index contributed by atoms with van der Waals surface area (Å²) in [5, 5.41) is 20.7. The van der Waals surface area contributed by atoms with E-state index in [9.17, 15) is 19.8 Å². The van der Waals surface area contributed by atoms with Crippen LogP contribution >= 0.6 is 0 Å². The number of carboxylic acids is 1. The lowest BCUT2D eigenvalue weighted by molar-refractivity contribution is -0.218. The lowest BCUT2D eigenvalue weighted by atomic mass is 9.35.